The topological polar surface area (TPSA) is 50.9 Å². The first-order valence-corrected chi connectivity index (χ1v) is 6.63. The van der Waals surface area contributed by atoms with Gasteiger partial charge in [-0.25, -0.2) is 4.98 Å². The third kappa shape index (κ3) is 3.35. The molecule has 0 aliphatic carbocycles. The van der Waals surface area contributed by atoms with Crippen molar-refractivity contribution in [2.75, 3.05) is 5.32 Å². The zero-order valence-electron chi connectivity index (χ0n) is 10.1. The number of hydrogen-bond donors (Lipinski definition) is 2. The van der Waals surface area contributed by atoms with Crippen molar-refractivity contribution in [3.8, 4) is 0 Å². The van der Waals surface area contributed by atoms with E-state index in [2.05, 4.69) is 10.3 Å². The summed E-state index contributed by atoms with van der Waals surface area (Å²) in [5.41, 5.74) is 7.90. The molecule has 0 saturated heterocycles. The Bertz CT molecular complexity index is 644. The summed E-state index contributed by atoms with van der Waals surface area (Å²) >= 11 is 17.0. The molecule has 0 spiro atoms. The molecule has 1 aromatic carbocycles. The average molecular weight is 312 g/mol. The number of aromatic nitrogens is 1. The smallest absolute Gasteiger partial charge is 0.140 e. The number of anilines is 2. The molecular weight excluding hydrogens is 301 g/mol. The summed E-state index contributed by atoms with van der Waals surface area (Å²) in [7, 11) is 0. The molecule has 98 valence electrons. The van der Waals surface area contributed by atoms with E-state index >= 15 is 0 Å². The molecule has 2 aromatic rings. The summed E-state index contributed by atoms with van der Waals surface area (Å²) in [5, 5.41) is 4.20. The van der Waals surface area contributed by atoms with Gasteiger partial charge in [0.25, 0.3) is 0 Å². The maximum absolute atomic E-state index is 6.11. The van der Waals surface area contributed by atoms with Gasteiger partial charge in [0.1, 0.15) is 10.8 Å². The molecule has 0 saturated carbocycles. The lowest BCUT2D eigenvalue weighted by Crippen LogP contribution is -2.13. The first kappa shape index (κ1) is 14.1. The van der Waals surface area contributed by atoms with E-state index in [-0.39, 0.29) is 4.99 Å². The van der Waals surface area contributed by atoms with Crippen molar-refractivity contribution in [1.29, 1.82) is 0 Å². The monoisotopic (exact) mass is 311 g/mol. The lowest BCUT2D eigenvalue weighted by Gasteiger charge is -2.12. The molecule has 0 fully saturated rings. The second-order valence-electron chi connectivity index (χ2n) is 3.96. The van der Waals surface area contributed by atoms with Gasteiger partial charge in [-0.1, -0.05) is 35.4 Å². The largest absolute Gasteiger partial charge is 0.389 e. The fourth-order valence-corrected chi connectivity index (χ4v) is 2.19. The summed E-state index contributed by atoms with van der Waals surface area (Å²) < 4.78 is 0. The third-order valence-electron chi connectivity index (χ3n) is 2.48. The highest BCUT2D eigenvalue weighted by molar-refractivity contribution is 7.80. The van der Waals surface area contributed by atoms with E-state index in [1.807, 2.05) is 19.1 Å². The summed E-state index contributed by atoms with van der Waals surface area (Å²) in [6, 6.07) is 8.85. The predicted octanol–water partition coefficient (Wildman–Crippen LogP) is 4.07. The molecule has 0 amide bonds. The van der Waals surface area contributed by atoms with Gasteiger partial charge in [0.2, 0.25) is 0 Å². The second kappa shape index (κ2) is 5.74. The van der Waals surface area contributed by atoms with Gasteiger partial charge in [-0.05, 0) is 37.3 Å². The van der Waals surface area contributed by atoms with Crippen LogP contribution in [0.5, 0.6) is 0 Å². The first-order valence-electron chi connectivity index (χ1n) is 5.47. The minimum Gasteiger partial charge on any atom is -0.389 e. The number of thiocarbonyl (C=S) groups is 1. The molecule has 19 heavy (non-hydrogen) atoms. The summed E-state index contributed by atoms with van der Waals surface area (Å²) in [5.74, 6) is 0.580. The van der Waals surface area contributed by atoms with E-state index in [0.717, 1.165) is 5.69 Å². The van der Waals surface area contributed by atoms with Gasteiger partial charge in [-0.15, -0.1) is 0 Å². The first-order chi connectivity index (χ1) is 8.97. The van der Waals surface area contributed by atoms with Crippen molar-refractivity contribution in [2.24, 2.45) is 5.73 Å². The van der Waals surface area contributed by atoms with Crippen molar-refractivity contribution < 1.29 is 0 Å². The Labute approximate surface area is 126 Å². The van der Waals surface area contributed by atoms with E-state index in [9.17, 15) is 0 Å². The van der Waals surface area contributed by atoms with E-state index in [1.54, 1.807) is 18.2 Å². The Hall–Kier alpha value is -1.36. The number of aryl methyl sites for hydroxylation is 1. The molecule has 3 N–H and O–H groups in total. The van der Waals surface area contributed by atoms with E-state index in [1.165, 1.54) is 0 Å². The molecule has 0 atom stereocenters. The van der Waals surface area contributed by atoms with Gasteiger partial charge >= 0.3 is 0 Å². The van der Waals surface area contributed by atoms with Gasteiger partial charge in [0, 0.05) is 10.7 Å². The van der Waals surface area contributed by atoms with Crippen molar-refractivity contribution in [2.45, 2.75) is 6.92 Å². The summed E-state index contributed by atoms with van der Waals surface area (Å²) in [6.45, 7) is 1.89. The van der Waals surface area contributed by atoms with Crippen LogP contribution >= 0.6 is 35.4 Å². The zero-order chi connectivity index (χ0) is 14.0. The maximum Gasteiger partial charge on any atom is 0.140 e. The van der Waals surface area contributed by atoms with Crippen molar-refractivity contribution in [1.82, 2.24) is 4.98 Å². The van der Waals surface area contributed by atoms with Crippen LogP contribution in [0.4, 0.5) is 11.5 Å². The summed E-state index contributed by atoms with van der Waals surface area (Å²) in [6.07, 6.45) is 0. The number of rotatable bonds is 3. The van der Waals surface area contributed by atoms with Gasteiger partial charge < -0.3 is 11.1 Å². The Kier molecular flexibility index (Phi) is 4.24. The van der Waals surface area contributed by atoms with Crippen molar-refractivity contribution in [3.05, 3.63) is 51.6 Å². The number of halogens is 2. The molecular formula is C13H11Cl2N3S. The Morgan fingerprint density at radius 3 is 2.63 bits per heavy atom. The molecule has 3 nitrogen and oxygen atoms in total. The third-order valence-corrected chi connectivity index (χ3v) is 3.25. The maximum atomic E-state index is 6.11. The fourth-order valence-electron chi connectivity index (χ4n) is 1.57. The Morgan fingerprint density at radius 2 is 2.00 bits per heavy atom. The van der Waals surface area contributed by atoms with E-state index in [0.29, 0.717) is 27.1 Å². The normalized spacial score (nSPS) is 10.3. The van der Waals surface area contributed by atoms with Crippen LogP contribution in [0.15, 0.2) is 30.3 Å². The Morgan fingerprint density at radius 1 is 1.26 bits per heavy atom. The van der Waals surface area contributed by atoms with Crippen LogP contribution in [0.2, 0.25) is 10.0 Å². The standard InChI is InChI=1S/C13H11Cl2N3S/c1-7-2-4-9(12(16)19)13(17-7)18-11-5-3-8(14)6-10(11)15/h2-6H,1H3,(H2,16,19)(H,17,18). The summed E-state index contributed by atoms with van der Waals surface area (Å²) in [4.78, 5) is 4.66. The highest BCUT2D eigenvalue weighted by atomic mass is 35.5. The molecule has 2 rings (SSSR count). The predicted molar refractivity (Wildman–Crippen MR) is 84.6 cm³/mol. The molecule has 0 aliphatic rings. The van der Waals surface area contributed by atoms with Crippen LogP contribution in [-0.2, 0) is 0 Å². The number of nitrogens with one attached hydrogen (secondary N) is 1. The van der Waals surface area contributed by atoms with Gasteiger partial charge in [0.15, 0.2) is 0 Å². The molecule has 1 heterocycles. The molecule has 0 aliphatic heterocycles. The van der Waals surface area contributed by atoms with Crippen LogP contribution in [-0.4, -0.2) is 9.97 Å². The number of nitrogens with zero attached hydrogens (tertiary/aromatic N) is 1. The van der Waals surface area contributed by atoms with Crippen LogP contribution in [0, 0.1) is 6.92 Å². The molecule has 1 aromatic heterocycles. The highest BCUT2D eigenvalue weighted by Crippen LogP contribution is 2.28. The van der Waals surface area contributed by atoms with Crippen LogP contribution in [0.25, 0.3) is 0 Å². The fraction of sp³-hybridized carbons (Fsp3) is 0.0769. The van der Waals surface area contributed by atoms with E-state index < -0.39 is 0 Å². The number of benzene rings is 1. The Balaban J connectivity index is 2.42. The van der Waals surface area contributed by atoms with Gasteiger partial charge in [0.05, 0.1) is 16.3 Å². The molecule has 0 radical (unpaired) electrons. The van der Waals surface area contributed by atoms with Crippen LogP contribution in [0.1, 0.15) is 11.3 Å². The second-order valence-corrected chi connectivity index (χ2v) is 5.25. The minimum atomic E-state index is 0.278. The molecule has 0 bridgehead atoms. The van der Waals surface area contributed by atoms with Crippen LogP contribution in [0.3, 0.4) is 0 Å². The van der Waals surface area contributed by atoms with Crippen molar-refractivity contribution >= 4 is 51.9 Å². The highest BCUT2D eigenvalue weighted by Gasteiger charge is 2.09. The quantitative estimate of drug-likeness (QED) is 0.839. The van der Waals surface area contributed by atoms with Crippen molar-refractivity contribution in [3.63, 3.8) is 0 Å². The number of hydrogen-bond acceptors (Lipinski definition) is 3. The van der Waals surface area contributed by atoms with E-state index in [4.69, 9.17) is 41.2 Å². The molecule has 0 unspecified atom stereocenters. The van der Waals surface area contributed by atoms with Gasteiger partial charge in [-0.3, -0.25) is 0 Å². The minimum absolute atomic E-state index is 0.278. The van der Waals surface area contributed by atoms with Gasteiger partial charge in [-0.2, -0.15) is 0 Å². The SMILES string of the molecule is Cc1ccc(C(N)=S)c(Nc2ccc(Cl)cc2Cl)n1. The average Bonchev–Trinajstić information content (AvgIpc) is 2.32. The lowest BCUT2D eigenvalue weighted by molar-refractivity contribution is 1.19. The number of nitrogens with two attached hydrogens (primary N) is 1. The number of pyridine rings is 1. The zero-order valence-corrected chi connectivity index (χ0v) is 12.4. The van der Waals surface area contributed by atoms with Crippen LogP contribution < -0.4 is 11.1 Å². The lowest BCUT2D eigenvalue weighted by atomic mass is 10.2. The molecule has 6 heteroatoms.